The first kappa shape index (κ1) is 17.2. The van der Waals surface area contributed by atoms with Gasteiger partial charge in [-0.25, -0.2) is 0 Å². The van der Waals surface area contributed by atoms with Gasteiger partial charge in [-0.3, -0.25) is 4.79 Å². The molecule has 2 rings (SSSR count). The number of halogens is 2. The first-order valence-electron chi connectivity index (χ1n) is 6.91. The SMILES string of the molecule is C=CCOc1ccc(NCC(=O)Nc2cccc(Cl)c2Cl)cc1. The van der Waals surface area contributed by atoms with Crippen LogP contribution in [0.1, 0.15) is 0 Å². The maximum Gasteiger partial charge on any atom is 0.243 e. The molecule has 0 aliphatic heterocycles. The van der Waals surface area contributed by atoms with Crippen LogP contribution in [0.2, 0.25) is 10.0 Å². The Labute approximate surface area is 145 Å². The van der Waals surface area contributed by atoms with Gasteiger partial charge in [-0.1, -0.05) is 41.9 Å². The standard InChI is InChI=1S/C17H16Cl2N2O2/c1-2-10-23-13-8-6-12(7-9-13)20-11-16(22)21-15-5-3-4-14(18)17(15)19/h2-9,20H,1,10-11H2,(H,21,22). The van der Waals surface area contributed by atoms with Crippen molar-refractivity contribution in [3.8, 4) is 5.75 Å². The summed E-state index contributed by atoms with van der Waals surface area (Å²) in [7, 11) is 0. The monoisotopic (exact) mass is 350 g/mol. The zero-order valence-corrected chi connectivity index (χ0v) is 13.8. The predicted molar refractivity (Wildman–Crippen MR) is 95.7 cm³/mol. The number of anilines is 2. The lowest BCUT2D eigenvalue weighted by Crippen LogP contribution is -2.21. The van der Waals surface area contributed by atoms with E-state index in [9.17, 15) is 4.79 Å². The molecular formula is C17H16Cl2N2O2. The highest BCUT2D eigenvalue weighted by atomic mass is 35.5. The Morgan fingerprint density at radius 1 is 1.17 bits per heavy atom. The van der Waals surface area contributed by atoms with Crippen molar-refractivity contribution in [2.45, 2.75) is 0 Å². The summed E-state index contributed by atoms with van der Waals surface area (Å²) in [6.45, 7) is 4.15. The first-order valence-corrected chi connectivity index (χ1v) is 7.67. The molecule has 0 aliphatic rings. The summed E-state index contributed by atoms with van der Waals surface area (Å²) in [6, 6.07) is 12.4. The number of ether oxygens (including phenoxy) is 1. The van der Waals surface area contributed by atoms with E-state index in [0.717, 1.165) is 11.4 Å². The molecule has 0 saturated carbocycles. The zero-order valence-electron chi connectivity index (χ0n) is 12.3. The Hall–Kier alpha value is -2.17. The smallest absolute Gasteiger partial charge is 0.243 e. The van der Waals surface area contributed by atoms with Crippen LogP contribution in [0, 0.1) is 0 Å². The van der Waals surface area contributed by atoms with E-state index in [2.05, 4.69) is 17.2 Å². The minimum atomic E-state index is -0.221. The van der Waals surface area contributed by atoms with Gasteiger partial charge >= 0.3 is 0 Å². The molecule has 0 heterocycles. The summed E-state index contributed by atoms with van der Waals surface area (Å²) >= 11 is 11.9. The molecule has 120 valence electrons. The molecule has 0 radical (unpaired) electrons. The molecule has 0 fully saturated rings. The Kier molecular flexibility index (Phi) is 6.32. The van der Waals surface area contributed by atoms with Gasteiger partial charge in [0, 0.05) is 5.69 Å². The van der Waals surface area contributed by atoms with E-state index in [-0.39, 0.29) is 12.5 Å². The Bertz CT molecular complexity index is 687. The van der Waals surface area contributed by atoms with Crippen LogP contribution in [0.4, 0.5) is 11.4 Å². The fourth-order valence-corrected chi connectivity index (χ4v) is 2.15. The minimum Gasteiger partial charge on any atom is -0.490 e. The van der Waals surface area contributed by atoms with Crippen molar-refractivity contribution in [3.63, 3.8) is 0 Å². The number of rotatable bonds is 7. The molecule has 0 unspecified atom stereocenters. The second-order valence-corrected chi connectivity index (χ2v) is 5.41. The molecule has 0 aromatic heterocycles. The maximum atomic E-state index is 11.9. The molecule has 2 aromatic carbocycles. The van der Waals surface area contributed by atoms with Crippen molar-refractivity contribution in [1.29, 1.82) is 0 Å². The van der Waals surface area contributed by atoms with Crippen LogP contribution in [0.5, 0.6) is 5.75 Å². The topological polar surface area (TPSA) is 50.4 Å². The third-order valence-corrected chi connectivity index (χ3v) is 3.72. The molecule has 0 saturated heterocycles. The lowest BCUT2D eigenvalue weighted by molar-refractivity contribution is -0.114. The summed E-state index contributed by atoms with van der Waals surface area (Å²) in [5, 5.41) is 6.45. The third-order valence-electron chi connectivity index (χ3n) is 2.90. The van der Waals surface area contributed by atoms with Crippen LogP contribution in [-0.4, -0.2) is 19.1 Å². The van der Waals surface area contributed by atoms with E-state index in [0.29, 0.717) is 22.3 Å². The molecular weight excluding hydrogens is 335 g/mol. The molecule has 0 bridgehead atoms. The third kappa shape index (κ3) is 5.20. The zero-order chi connectivity index (χ0) is 16.7. The van der Waals surface area contributed by atoms with Crippen molar-refractivity contribution < 1.29 is 9.53 Å². The Morgan fingerprint density at radius 3 is 2.61 bits per heavy atom. The number of hydrogen-bond donors (Lipinski definition) is 2. The van der Waals surface area contributed by atoms with Crippen molar-refractivity contribution in [3.05, 3.63) is 65.2 Å². The highest BCUT2D eigenvalue weighted by Crippen LogP contribution is 2.29. The number of hydrogen-bond acceptors (Lipinski definition) is 3. The van der Waals surface area contributed by atoms with Crippen LogP contribution in [0.25, 0.3) is 0 Å². The van der Waals surface area contributed by atoms with Gasteiger partial charge in [-0.15, -0.1) is 0 Å². The van der Waals surface area contributed by atoms with Gasteiger partial charge in [0.05, 0.1) is 22.3 Å². The van der Waals surface area contributed by atoms with Gasteiger partial charge in [0.1, 0.15) is 12.4 Å². The van der Waals surface area contributed by atoms with E-state index >= 15 is 0 Å². The summed E-state index contributed by atoms with van der Waals surface area (Å²) in [6.07, 6.45) is 1.68. The molecule has 2 N–H and O–H groups in total. The van der Waals surface area contributed by atoms with Gasteiger partial charge in [-0.05, 0) is 36.4 Å². The van der Waals surface area contributed by atoms with Gasteiger partial charge < -0.3 is 15.4 Å². The predicted octanol–water partition coefficient (Wildman–Crippen LogP) is 4.61. The summed E-state index contributed by atoms with van der Waals surface area (Å²) in [4.78, 5) is 11.9. The van der Waals surface area contributed by atoms with Crippen LogP contribution in [-0.2, 0) is 4.79 Å². The number of nitrogens with one attached hydrogen (secondary N) is 2. The molecule has 0 spiro atoms. The van der Waals surface area contributed by atoms with Gasteiger partial charge in [0.15, 0.2) is 0 Å². The molecule has 6 heteroatoms. The molecule has 4 nitrogen and oxygen atoms in total. The van der Waals surface area contributed by atoms with Crippen LogP contribution >= 0.6 is 23.2 Å². The fraction of sp³-hybridized carbons (Fsp3) is 0.118. The summed E-state index contributed by atoms with van der Waals surface area (Å²) in [5.74, 6) is 0.520. The average molecular weight is 351 g/mol. The van der Waals surface area contributed by atoms with E-state index < -0.39 is 0 Å². The quantitative estimate of drug-likeness (QED) is 0.717. The number of carbonyl (C=O) groups excluding carboxylic acids is 1. The maximum absolute atomic E-state index is 11.9. The van der Waals surface area contributed by atoms with E-state index in [1.165, 1.54) is 0 Å². The van der Waals surface area contributed by atoms with E-state index in [4.69, 9.17) is 27.9 Å². The second-order valence-electron chi connectivity index (χ2n) is 4.63. The normalized spacial score (nSPS) is 10.0. The molecule has 0 aliphatic carbocycles. The second kappa shape index (κ2) is 8.46. The number of benzene rings is 2. The van der Waals surface area contributed by atoms with Crippen molar-refractivity contribution >= 4 is 40.5 Å². The molecule has 23 heavy (non-hydrogen) atoms. The largest absolute Gasteiger partial charge is 0.490 e. The van der Waals surface area contributed by atoms with Crippen molar-refractivity contribution in [2.24, 2.45) is 0 Å². The number of amides is 1. The van der Waals surface area contributed by atoms with Crippen molar-refractivity contribution in [2.75, 3.05) is 23.8 Å². The molecule has 1 amide bonds. The Morgan fingerprint density at radius 2 is 1.91 bits per heavy atom. The van der Waals surface area contributed by atoms with Gasteiger partial charge in [-0.2, -0.15) is 0 Å². The average Bonchev–Trinajstić information content (AvgIpc) is 2.56. The Balaban J connectivity index is 1.86. The highest BCUT2D eigenvalue weighted by molar-refractivity contribution is 6.44. The van der Waals surface area contributed by atoms with Crippen LogP contribution < -0.4 is 15.4 Å². The van der Waals surface area contributed by atoms with E-state index in [1.807, 2.05) is 24.3 Å². The lowest BCUT2D eigenvalue weighted by atomic mass is 10.3. The van der Waals surface area contributed by atoms with Crippen LogP contribution in [0.15, 0.2) is 55.1 Å². The minimum absolute atomic E-state index is 0.107. The first-order chi connectivity index (χ1) is 11.1. The summed E-state index contributed by atoms with van der Waals surface area (Å²) < 4.78 is 5.39. The lowest BCUT2D eigenvalue weighted by Gasteiger charge is -2.10. The summed E-state index contributed by atoms with van der Waals surface area (Å²) in [5.41, 5.74) is 1.29. The van der Waals surface area contributed by atoms with Crippen molar-refractivity contribution in [1.82, 2.24) is 0 Å². The van der Waals surface area contributed by atoms with Gasteiger partial charge in [0.2, 0.25) is 5.91 Å². The van der Waals surface area contributed by atoms with Gasteiger partial charge in [0.25, 0.3) is 0 Å². The number of carbonyl (C=O) groups is 1. The molecule has 2 aromatic rings. The van der Waals surface area contributed by atoms with E-state index in [1.54, 1.807) is 24.3 Å². The molecule has 0 atom stereocenters. The highest BCUT2D eigenvalue weighted by Gasteiger charge is 2.08. The van der Waals surface area contributed by atoms with Crippen LogP contribution in [0.3, 0.4) is 0 Å². The fourth-order valence-electron chi connectivity index (χ4n) is 1.80.